The van der Waals surface area contributed by atoms with Crippen LogP contribution >= 0.6 is 0 Å². The maximum Gasteiger partial charge on any atom is 0.315 e. The fraction of sp³-hybridized carbons (Fsp3) is 0.953. The van der Waals surface area contributed by atoms with Gasteiger partial charge in [-0.05, 0) is 111 Å². The summed E-state index contributed by atoms with van der Waals surface area (Å²) < 4.78 is 71.0. The van der Waals surface area contributed by atoms with Gasteiger partial charge in [-0.2, -0.15) is 0 Å². The fourth-order valence-corrected chi connectivity index (χ4v) is 18.8. The van der Waals surface area contributed by atoms with Crippen LogP contribution in [0.3, 0.4) is 0 Å². The van der Waals surface area contributed by atoms with Gasteiger partial charge in [0.05, 0.1) is 57.3 Å². The molecule has 0 aromatic rings. The molecule has 0 spiro atoms. The van der Waals surface area contributed by atoms with Gasteiger partial charge in [0, 0.05) is 5.41 Å². The molecule has 6 heterocycles. The zero-order valence-corrected chi connectivity index (χ0v) is 54.7. The van der Waals surface area contributed by atoms with Gasteiger partial charge in [-0.3, -0.25) is 4.79 Å². The molecule has 18 N–H and O–H groups in total. The Kier molecular flexibility index (Phi) is 21.9. The number of hydrogen-bond acceptors (Lipinski definition) is 31. The Labute approximate surface area is 550 Å². The molecule has 11 aliphatic rings. The Bertz CT molecular complexity index is 2660. The van der Waals surface area contributed by atoms with Crippen LogP contribution in [0.25, 0.3) is 0 Å². The quantitative estimate of drug-likeness (QED) is 0.0390. The summed E-state index contributed by atoms with van der Waals surface area (Å²) >= 11 is 0. The van der Waals surface area contributed by atoms with Gasteiger partial charge in [-0.1, -0.05) is 53.2 Å². The topological polar surface area (TPSA) is 492 Å². The van der Waals surface area contributed by atoms with E-state index < -0.39 is 221 Å². The average molecular weight is 1370 g/mol. The summed E-state index contributed by atoms with van der Waals surface area (Å²) in [6.45, 7) is 11.2. The summed E-state index contributed by atoms with van der Waals surface area (Å²) in [4.78, 5) is 14.8. The highest BCUT2D eigenvalue weighted by atomic mass is 16.8. The highest BCUT2D eigenvalue weighted by Gasteiger charge is 2.71. The molecule has 0 radical (unpaired) electrons. The predicted octanol–water partition coefficient (Wildman–Crippen LogP) is -5.11. The normalized spacial score (nSPS) is 54.8. The molecule has 10 fully saturated rings. The van der Waals surface area contributed by atoms with Crippen LogP contribution in [0.4, 0.5) is 0 Å². The molecule has 546 valence electrons. The first-order valence-electron chi connectivity index (χ1n) is 33.7. The number of carbonyl (C=O) groups is 1. The van der Waals surface area contributed by atoms with E-state index in [1.165, 1.54) is 12.5 Å². The molecule has 0 aromatic carbocycles. The van der Waals surface area contributed by atoms with Crippen LogP contribution in [0.15, 0.2) is 11.6 Å². The molecule has 0 bridgehead atoms. The summed E-state index contributed by atoms with van der Waals surface area (Å²) in [6.07, 6.45) is -39.4. The lowest BCUT2D eigenvalue weighted by Gasteiger charge is -2.71. The van der Waals surface area contributed by atoms with Crippen molar-refractivity contribution in [1.29, 1.82) is 0 Å². The van der Waals surface area contributed by atoms with Gasteiger partial charge < -0.3 is 149 Å². The van der Waals surface area contributed by atoms with Crippen LogP contribution in [-0.2, 0) is 61.6 Å². The maximum absolute atomic E-state index is 14.8. The Morgan fingerprint density at radius 3 is 1.71 bits per heavy atom. The summed E-state index contributed by atoms with van der Waals surface area (Å²) in [5.41, 5.74) is -1.86. The number of carbonyl (C=O) groups excluding carboxylic acids is 1. The van der Waals surface area contributed by atoms with Crippen molar-refractivity contribution in [1.82, 2.24) is 0 Å². The van der Waals surface area contributed by atoms with E-state index in [0.717, 1.165) is 12.8 Å². The van der Waals surface area contributed by atoms with E-state index in [1.807, 2.05) is 6.92 Å². The summed E-state index contributed by atoms with van der Waals surface area (Å²) in [5.74, 6) is -0.794. The van der Waals surface area contributed by atoms with Crippen LogP contribution in [0.2, 0.25) is 0 Å². The van der Waals surface area contributed by atoms with E-state index in [-0.39, 0.29) is 52.6 Å². The van der Waals surface area contributed by atoms with Crippen molar-refractivity contribution in [2.24, 2.45) is 50.2 Å². The number of ether oxygens (including phenoxy) is 12. The third kappa shape index (κ3) is 12.7. The largest absolute Gasteiger partial charge is 0.432 e. The molecule has 6 saturated heterocycles. The van der Waals surface area contributed by atoms with E-state index in [0.29, 0.717) is 51.4 Å². The molecular formula is C64H104O31. The second-order valence-electron chi connectivity index (χ2n) is 30.8. The van der Waals surface area contributed by atoms with Crippen molar-refractivity contribution in [3.8, 4) is 0 Å². The summed E-state index contributed by atoms with van der Waals surface area (Å²) in [7, 11) is 0. The SMILES string of the molecule is CC1OC(OC2C(OC3CCC4(C)C(CCC5(C)C4CC=C4C6CC(C)(C)CCC6(C(=O)OC6OC(CO)C(O)C(O)C6O)CCC45C)C3(C)CO)OCC(O)C2O)C(O)C(OC2OCC(OC3OC(CO)C(OC4OC(CO)C(O)C(O)C4O)C(O)C3O)C(O)C2O)C1O. The smallest absolute Gasteiger partial charge is 0.315 e. The molecule has 6 aliphatic heterocycles. The maximum atomic E-state index is 14.8. The van der Waals surface area contributed by atoms with Crippen LogP contribution in [0.5, 0.6) is 0 Å². The molecule has 5 aliphatic carbocycles. The molecule has 37 atom stereocenters. The minimum Gasteiger partial charge on any atom is -0.432 e. The number of esters is 1. The van der Waals surface area contributed by atoms with Crippen molar-refractivity contribution in [3.05, 3.63) is 11.6 Å². The Morgan fingerprint density at radius 1 is 0.495 bits per heavy atom. The van der Waals surface area contributed by atoms with E-state index in [4.69, 9.17) is 56.8 Å². The molecular weight excluding hydrogens is 1260 g/mol. The first-order valence-corrected chi connectivity index (χ1v) is 33.7. The van der Waals surface area contributed by atoms with Crippen LogP contribution in [0.1, 0.15) is 113 Å². The standard InChI is InChI=1S/C64H104O31/c1-25-36(70)50(93-52-44(78)40(74)32(23-85-52)90-53-47(81)43(77)49(31(21-67)89-53)92-54-45(79)41(75)38(72)29(19-65)87-54)48(82)56(86-25)94-51-37(71)28(69)22-84-57(51)91-35-11-12-60(4)33(61(35,5)24-68)10-13-63(7)34(60)9-8-26-27-18-59(2,3)14-16-64(27,17-15-62(26,63)6)58(83)95-55-46(80)42(76)39(73)30(20-66)88-55/h8,25,27-57,65-82H,9-24H2,1-7H3. The zero-order valence-electron chi connectivity index (χ0n) is 54.7. The number of rotatable bonds is 16. The Hall–Kier alpha value is -1.95. The summed E-state index contributed by atoms with van der Waals surface area (Å²) in [5, 5.41) is 195. The lowest BCUT2D eigenvalue weighted by Crippen LogP contribution is -2.67. The molecule has 95 heavy (non-hydrogen) atoms. The van der Waals surface area contributed by atoms with E-state index in [1.54, 1.807) is 0 Å². The van der Waals surface area contributed by atoms with Crippen LogP contribution in [-0.4, -0.2) is 316 Å². The molecule has 31 heteroatoms. The fourth-order valence-electron chi connectivity index (χ4n) is 18.8. The number of aliphatic hydroxyl groups excluding tert-OH is 18. The van der Waals surface area contributed by atoms with Gasteiger partial charge in [0.1, 0.15) is 128 Å². The first kappa shape index (κ1) is 74.2. The van der Waals surface area contributed by atoms with Crippen molar-refractivity contribution < 1.29 is 154 Å². The van der Waals surface area contributed by atoms with E-state index >= 15 is 0 Å². The lowest BCUT2D eigenvalue weighted by atomic mass is 9.33. The van der Waals surface area contributed by atoms with Crippen LogP contribution in [0, 0.1) is 50.2 Å². The number of aliphatic hydroxyl groups is 18. The van der Waals surface area contributed by atoms with Gasteiger partial charge in [0.2, 0.25) is 6.29 Å². The molecule has 0 amide bonds. The minimum atomic E-state index is -2.01. The second kappa shape index (κ2) is 28.0. The van der Waals surface area contributed by atoms with Gasteiger partial charge in [-0.25, -0.2) is 0 Å². The number of hydrogen-bond donors (Lipinski definition) is 18. The highest BCUT2D eigenvalue weighted by Crippen LogP contribution is 2.76. The Morgan fingerprint density at radius 2 is 1.05 bits per heavy atom. The number of allylic oxidation sites excluding steroid dienone is 2. The third-order valence-electron chi connectivity index (χ3n) is 25.0. The zero-order chi connectivity index (χ0) is 69.1. The van der Waals surface area contributed by atoms with Crippen molar-refractivity contribution in [3.63, 3.8) is 0 Å². The molecule has 4 saturated carbocycles. The molecule has 37 unspecified atom stereocenters. The summed E-state index contributed by atoms with van der Waals surface area (Å²) in [6, 6.07) is 0. The first-order chi connectivity index (χ1) is 44.7. The van der Waals surface area contributed by atoms with Crippen molar-refractivity contribution in [2.45, 2.75) is 291 Å². The minimum absolute atomic E-state index is 0.101. The average Bonchev–Trinajstić information content (AvgIpc) is 0.676. The van der Waals surface area contributed by atoms with Crippen LogP contribution < -0.4 is 0 Å². The molecule has 0 aromatic heterocycles. The van der Waals surface area contributed by atoms with E-state index in [9.17, 15) is 96.7 Å². The van der Waals surface area contributed by atoms with Gasteiger partial charge >= 0.3 is 5.97 Å². The lowest BCUT2D eigenvalue weighted by molar-refractivity contribution is -0.386. The Balaban J connectivity index is 0.744. The second-order valence-corrected chi connectivity index (χ2v) is 30.8. The van der Waals surface area contributed by atoms with Gasteiger partial charge in [0.15, 0.2) is 31.5 Å². The number of fused-ring (bicyclic) bond motifs is 7. The molecule has 31 nitrogen and oxygen atoms in total. The predicted molar refractivity (Wildman–Crippen MR) is 316 cm³/mol. The van der Waals surface area contributed by atoms with Crippen molar-refractivity contribution >= 4 is 5.97 Å². The third-order valence-corrected chi connectivity index (χ3v) is 25.0. The molecule has 11 rings (SSSR count). The van der Waals surface area contributed by atoms with E-state index in [2.05, 4.69) is 40.7 Å². The van der Waals surface area contributed by atoms with Crippen molar-refractivity contribution in [2.75, 3.05) is 39.6 Å². The highest BCUT2D eigenvalue weighted by molar-refractivity contribution is 5.79. The van der Waals surface area contributed by atoms with Gasteiger partial charge in [-0.15, -0.1) is 0 Å². The van der Waals surface area contributed by atoms with Gasteiger partial charge in [0.25, 0.3) is 0 Å². The monoisotopic (exact) mass is 1370 g/mol.